The van der Waals surface area contributed by atoms with Crippen LogP contribution in [-0.4, -0.2) is 47.7 Å². The van der Waals surface area contributed by atoms with Gasteiger partial charge in [-0.05, 0) is 41.5 Å². The van der Waals surface area contributed by atoms with E-state index >= 15 is 0 Å². The minimum Gasteiger partial charge on any atom is -0.379 e. The maximum atomic E-state index is 13.5. The van der Waals surface area contributed by atoms with Crippen LogP contribution in [0.3, 0.4) is 0 Å². The van der Waals surface area contributed by atoms with Crippen molar-refractivity contribution in [1.29, 1.82) is 0 Å². The number of morpholine rings is 1. The Morgan fingerprint density at radius 1 is 0.969 bits per heavy atom. The van der Waals surface area contributed by atoms with E-state index in [1.807, 2.05) is 18.2 Å². The summed E-state index contributed by atoms with van der Waals surface area (Å²) < 4.78 is 33.3. The van der Waals surface area contributed by atoms with Crippen LogP contribution in [0.25, 0.3) is 20.7 Å². The number of nitrogens with zero attached hydrogens (tertiary/aromatic N) is 3. The molecular formula is C24H22F2N4OS. The molecule has 1 saturated heterocycles. The van der Waals surface area contributed by atoms with Crippen molar-refractivity contribution >= 4 is 27.4 Å². The van der Waals surface area contributed by atoms with Gasteiger partial charge in [0.2, 0.25) is 0 Å². The largest absolute Gasteiger partial charge is 0.379 e. The van der Waals surface area contributed by atoms with Crippen molar-refractivity contribution in [2.24, 2.45) is 0 Å². The number of aromatic nitrogens is 2. The van der Waals surface area contributed by atoms with E-state index in [2.05, 4.69) is 20.2 Å². The molecule has 1 aliphatic heterocycles. The number of rotatable bonds is 6. The Morgan fingerprint density at radius 2 is 1.66 bits per heavy atom. The molecule has 8 heteroatoms. The van der Waals surface area contributed by atoms with Gasteiger partial charge in [0.1, 0.15) is 23.8 Å². The van der Waals surface area contributed by atoms with Crippen LogP contribution >= 0.6 is 11.3 Å². The molecule has 2 aromatic carbocycles. The zero-order valence-electron chi connectivity index (χ0n) is 17.3. The molecule has 0 bridgehead atoms. The van der Waals surface area contributed by atoms with Crippen LogP contribution in [0.5, 0.6) is 0 Å². The molecule has 0 spiro atoms. The van der Waals surface area contributed by atoms with Crippen LogP contribution in [0.2, 0.25) is 0 Å². The first-order valence-corrected chi connectivity index (χ1v) is 11.3. The number of fused-ring (bicyclic) bond motifs is 1. The molecule has 5 rings (SSSR count). The van der Waals surface area contributed by atoms with Crippen LogP contribution in [0.1, 0.15) is 11.6 Å². The Balaban J connectivity index is 1.41. The Hall–Kier alpha value is -2.94. The molecule has 0 amide bonds. The second kappa shape index (κ2) is 9.28. The van der Waals surface area contributed by atoms with E-state index in [-0.39, 0.29) is 17.7 Å². The van der Waals surface area contributed by atoms with Crippen molar-refractivity contribution < 1.29 is 13.5 Å². The fourth-order valence-corrected chi connectivity index (χ4v) is 5.04. The molecule has 1 atom stereocenters. The van der Waals surface area contributed by atoms with Gasteiger partial charge in [-0.15, -0.1) is 11.3 Å². The van der Waals surface area contributed by atoms with Gasteiger partial charge in [-0.1, -0.05) is 24.3 Å². The van der Waals surface area contributed by atoms with Gasteiger partial charge < -0.3 is 10.1 Å². The van der Waals surface area contributed by atoms with Gasteiger partial charge in [0, 0.05) is 24.5 Å². The minimum absolute atomic E-state index is 0.0565. The summed E-state index contributed by atoms with van der Waals surface area (Å²) in [6.07, 6.45) is 1.55. The molecule has 0 unspecified atom stereocenters. The Bertz CT molecular complexity index is 1190. The molecule has 164 valence electrons. The number of thiophene rings is 1. The fourth-order valence-electron chi connectivity index (χ4n) is 3.96. The van der Waals surface area contributed by atoms with E-state index in [9.17, 15) is 8.78 Å². The first-order valence-electron chi connectivity index (χ1n) is 10.5. The zero-order chi connectivity index (χ0) is 21.9. The molecule has 0 saturated carbocycles. The standard InChI is InChI=1S/C24H22F2N4OS/c25-18-5-1-16(2-6-18)21(30-9-11-31-12-10-30)14-27-24-23-20(28-15-29-24)13-22(32-23)17-3-7-19(26)8-4-17/h1-8,13,15,21H,9-12,14H2,(H,27,28,29)/t21-/m1/s1. The normalized spacial score (nSPS) is 15.7. The third-order valence-electron chi connectivity index (χ3n) is 5.64. The Kier molecular flexibility index (Phi) is 6.07. The quantitative estimate of drug-likeness (QED) is 0.440. The number of halogens is 2. The highest BCUT2D eigenvalue weighted by Gasteiger charge is 2.23. The lowest BCUT2D eigenvalue weighted by molar-refractivity contribution is 0.0187. The molecule has 1 N–H and O–H groups in total. The lowest BCUT2D eigenvalue weighted by Crippen LogP contribution is -2.41. The Labute approximate surface area is 188 Å². The first kappa shape index (κ1) is 20.9. The number of nitrogens with one attached hydrogen (secondary N) is 1. The fraction of sp³-hybridized carbons (Fsp3) is 0.250. The smallest absolute Gasteiger partial charge is 0.147 e. The van der Waals surface area contributed by atoms with Crippen molar-refractivity contribution in [1.82, 2.24) is 14.9 Å². The second-order valence-corrected chi connectivity index (χ2v) is 8.70. The highest BCUT2D eigenvalue weighted by Crippen LogP contribution is 2.36. The van der Waals surface area contributed by atoms with Gasteiger partial charge in [0.15, 0.2) is 0 Å². The van der Waals surface area contributed by atoms with Gasteiger partial charge >= 0.3 is 0 Å². The van der Waals surface area contributed by atoms with Gasteiger partial charge in [-0.3, -0.25) is 4.90 Å². The third-order valence-corrected chi connectivity index (χ3v) is 6.82. The SMILES string of the molecule is Fc1ccc(-c2cc3ncnc(NC[C@H](c4ccc(F)cc4)N4CCOCC4)c3s2)cc1. The molecule has 5 nitrogen and oxygen atoms in total. The average Bonchev–Trinajstić information content (AvgIpc) is 3.27. The summed E-state index contributed by atoms with van der Waals surface area (Å²) >= 11 is 1.57. The van der Waals surface area contributed by atoms with Crippen molar-refractivity contribution in [3.05, 3.63) is 78.1 Å². The van der Waals surface area contributed by atoms with E-state index in [4.69, 9.17) is 4.74 Å². The van der Waals surface area contributed by atoms with Crippen LogP contribution in [0, 0.1) is 11.6 Å². The van der Waals surface area contributed by atoms with E-state index in [1.165, 1.54) is 24.3 Å². The predicted octanol–water partition coefficient (Wildman–Crippen LogP) is 5.12. The summed E-state index contributed by atoms with van der Waals surface area (Å²) in [6, 6.07) is 15.2. The average molecular weight is 453 g/mol. The maximum absolute atomic E-state index is 13.5. The Morgan fingerprint density at radius 3 is 2.38 bits per heavy atom. The van der Waals surface area contributed by atoms with Crippen molar-refractivity contribution in [3.63, 3.8) is 0 Å². The number of anilines is 1. The van der Waals surface area contributed by atoms with Crippen LogP contribution in [-0.2, 0) is 4.74 Å². The highest BCUT2D eigenvalue weighted by atomic mass is 32.1. The molecule has 1 aliphatic rings. The lowest BCUT2D eigenvalue weighted by Gasteiger charge is -2.35. The van der Waals surface area contributed by atoms with E-state index < -0.39 is 0 Å². The van der Waals surface area contributed by atoms with Crippen molar-refractivity contribution in [2.45, 2.75) is 6.04 Å². The summed E-state index contributed by atoms with van der Waals surface area (Å²) in [5.74, 6) is 0.257. The summed E-state index contributed by atoms with van der Waals surface area (Å²) in [7, 11) is 0. The molecule has 1 fully saturated rings. The molecule has 32 heavy (non-hydrogen) atoms. The van der Waals surface area contributed by atoms with Crippen molar-refractivity contribution in [3.8, 4) is 10.4 Å². The number of hydrogen-bond acceptors (Lipinski definition) is 6. The number of hydrogen-bond donors (Lipinski definition) is 1. The van der Waals surface area contributed by atoms with Gasteiger partial charge in [-0.25, -0.2) is 18.7 Å². The van der Waals surface area contributed by atoms with Gasteiger partial charge in [0.25, 0.3) is 0 Å². The summed E-state index contributed by atoms with van der Waals surface area (Å²) in [5.41, 5.74) is 2.83. The second-order valence-electron chi connectivity index (χ2n) is 7.65. The predicted molar refractivity (Wildman–Crippen MR) is 123 cm³/mol. The molecule has 3 heterocycles. The molecule has 0 aliphatic carbocycles. The third kappa shape index (κ3) is 4.48. The molecule has 2 aromatic heterocycles. The molecule has 4 aromatic rings. The monoisotopic (exact) mass is 452 g/mol. The van der Waals surface area contributed by atoms with E-state index in [0.717, 1.165) is 45.1 Å². The highest BCUT2D eigenvalue weighted by molar-refractivity contribution is 7.22. The lowest BCUT2D eigenvalue weighted by atomic mass is 10.0. The van der Waals surface area contributed by atoms with Crippen LogP contribution < -0.4 is 5.32 Å². The van der Waals surface area contributed by atoms with E-state index in [1.54, 1.807) is 29.8 Å². The molecule has 0 radical (unpaired) electrons. The zero-order valence-corrected chi connectivity index (χ0v) is 18.1. The number of ether oxygens (including phenoxy) is 1. The van der Waals surface area contributed by atoms with Gasteiger partial charge in [-0.2, -0.15) is 0 Å². The first-order chi connectivity index (χ1) is 15.7. The summed E-state index contributed by atoms with van der Waals surface area (Å²) in [6.45, 7) is 3.61. The summed E-state index contributed by atoms with van der Waals surface area (Å²) in [4.78, 5) is 12.2. The topological polar surface area (TPSA) is 50.3 Å². The van der Waals surface area contributed by atoms with Gasteiger partial charge in [0.05, 0.1) is 29.5 Å². The minimum atomic E-state index is -0.257. The van der Waals surface area contributed by atoms with Crippen LogP contribution in [0.4, 0.5) is 14.6 Å². The van der Waals surface area contributed by atoms with Crippen molar-refractivity contribution in [2.75, 3.05) is 38.2 Å². The van der Waals surface area contributed by atoms with Crippen LogP contribution in [0.15, 0.2) is 60.9 Å². The maximum Gasteiger partial charge on any atom is 0.147 e. The van der Waals surface area contributed by atoms with E-state index in [0.29, 0.717) is 19.8 Å². The molecular weight excluding hydrogens is 430 g/mol. The summed E-state index contributed by atoms with van der Waals surface area (Å²) in [5, 5.41) is 3.50. The number of benzene rings is 2.